The van der Waals surface area contributed by atoms with Crippen LogP contribution in [0.4, 0.5) is 28.1 Å². The number of carbonyl (C=O) groups is 3. The maximum Gasteiger partial charge on any atom is 0.407 e. The predicted molar refractivity (Wildman–Crippen MR) is 239 cm³/mol. The lowest BCUT2D eigenvalue weighted by Crippen LogP contribution is -2.33. The summed E-state index contributed by atoms with van der Waals surface area (Å²) in [5.41, 5.74) is 9.84. The second kappa shape index (κ2) is 21.2. The number of anilines is 4. The predicted octanol–water partition coefficient (Wildman–Crippen LogP) is 3.49. The van der Waals surface area contributed by atoms with E-state index in [1.165, 1.54) is 0 Å². The number of rotatable bonds is 19. The van der Waals surface area contributed by atoms with Crippen molar-refractivity contribution in [2.24, 2.45) is 5.73 Å². The van der Waals surface area contributed by atoms with Crippen LogP contribution in [0, 0.1) is 0 Å². The van der Waals surface area contributed by atoms with Gasteiger partial charge in [-0.25, -0.2) is 24.4 Å². The second-order valence-corrected chi connectivity index (χ2v) is 15.3. The molecule has 0 saturated heterocycles. The van der Waals surface area contributed by atoms with Crippen molar-refractivity contribution in [3.63, 3.8) is 0 Å². The lowest BCUT2D eigenvalue weighted by atomic mass is 10.2. The molecule has 0 atom stereocenters. The van der Waals surface area contributed by atoms with Crippen LogP contribution in [0.15, 0.2) is 85.7 Å². The molecule has 0 unspecified atom stereocenters. The van der Waals surface area contributed by atoms with E-state index in [4.69, 9.17) is 30.2 Å². The molecular weight excluding hydrogens is 873 g/mol. The summed E-state index contributed by atoms with van der Waals surface area (Å²) in [6, 6.07) is 13.5. The zero-order chi connectivity index (χ0) is 47.3. The van der Waals surface area contributed by atoms with Gasteiger partial charge in [0.15, 0.2) is 35.5 Å². The number of nitrogens with zero attached hydrogens (tertiary/aromatic N) is 14. The summed E-state index contributed by atoms with van der Waals surface area (Å²) in [5, 5.41) is 51.4. The Labute approximate surface area is 380 Å². The first-order valence-corrected chi connectivity index (χ1v) is 20.6. The summed E-state index contributed by atoms with van der Waals surface area (Å²) in [6.45, 7) is 7.01. The van der Waals surface area contributed by atoms with Gasteiger partial charge in [0.05, 0.1) is 47.5 Å². The average molecular weight is 919 g/mol. The van der Waals surface area contributed by atoms with Gasteiger partial charge in [0, 0.05) is 32.0 Å². The molecule has 0 radical (unpaired) electrons. The van der Waals surface area contributed by atoms with Crippen molar-refractivity contribution in [2.45, 2.75) is 52.3 Å². The van der Waals surface area contributed by atoms with Crippen molar-refractivity contribution in [3.05, 3.63) is 85.7 Å². The molecule has 1 amide bonds. The number of amides is 1. The summed E-state index contributed by atoms with van der Waals surface area (Å²) in [4.78, 5) is 50.6. The molecule has 67 heavy (non-hydrogen) atoms. The maximum atomic E-state index is 11.7. The van der Waals surface area contributed by atoms with Crippen LogP contribution in [-0.4, -0.2) is 130 Å². The molecule has 8 rings (SSSR count). The zero-order valence-electron chi connectivity index (χ0n) is 36.4. The Bertz CT molecular complexity index is 2920. The molecule has 0 bridgehead atoms. The van der Waals surface area contributed by atoms with E-state index < -0.39 is 36.8 Å². The number of ether oxygens (including phenoxy) is 3. The molecule has 7 N–H and O–H groups in total. The number of aliphatic carboxylic acids is 2. The topological polar surface area (TPSA) is 330 Å². The molecule has 0 fully saturated rings. The molecule has 0 saturated carbocycles. The first kappa shape index (κ1) is 46.2. The van der Waals surface area contributed by atoms with E-state index >= 15 is 0 Å². The highest BCUT2D eigenvalue weighted by Crippen LogP contribution is 2.22. The Kier molecular flexibility index (Phi) is 14.6. The monoisotopic (exact) mass is 918 g/mol. The number of carboxylic acid groups (broad SMARTS) is 2. The second-order valence-electron chi connectivity index (χ2n) is 15.3. The van der Waals surface area contributed by atoms with Crippen LogP contribution in [0.25, 0.3) is 33.7 Å². The largest absolute Gasteiger partial charge is 0.482 e. The minimum absolute atomic E-state index is 0.337. The average Bonchev–Trinajstić information content (AvgIpc) is 4.13. The van der Waals surface area contributed by atoms with Crippen LogP contribution in [-0.2, 0) is 27.4 Å². The SMILES string of the molecule is CC(C)(C)OC(=O)NCCCn1cc(Nc2ncc3nnn(-c4ccc(OCC(=O)O)cc4)c3n2)cn1.NCCCn1cc(Nc2ncc3nnn(-c4ccc(OCC(=O)O)cc4)c3n2)cn1. The van der Waals surface area contributed by atoms with Crippen LogP contribution in [0.2, 0.25) is 0 Å². The lowest BCUT2D eigenvalue weighted by Gasteiger charge is -2.19. The maximum absolute atomic E-state index is 11.7. The fraction of sp³-hybridized carbons (Fsp3) is 0.293. The van der Waals surface area contributed by atoms with E-state index in [1.807, 2.05) is 33.2 Å². The highest BCUT2D eigenvalue weighted by atomic mass is 16.6. The third-order valence-corrected chi connectivity index (χ3v) is 8.87. The van der Waals surface area contributed by atoms with E-state index in [9.17, 15) is 14.4 Å². The first-order valence-electron chi connectivity index (χ1n) is 20.6. The Hall–Kier alpha value is -8.81. The van der Waals surface area contributed by atoms with Crippen LogP contribution >= 0.6 is 0 Å². The highest BCUT2D eigenvalue weighted by molar-refractivity contribution is 5.74. The van der Waals surface area contributed by atoms with Gasteiger partial charge >= 0.3 is 18.0 Å². The van der Waals surface area contributed by atoms with E-state index in [-0.39, 0.29) is 0 Å². The van der Waals surface area contributed by atoms with Gasteiger partial charge in [0.1, 0.15) is 17.1 Å². The Balaban J connectivity index is 0.000000203. The van der Waals surface area contributed by atoms with Crippen molar-refractivity contribution in [2.75, 3.05) is 36.9 Å². The number of aryl methyl sites for hydroxylation is 2. The van der Waals surface area contributed by atoms with E-state index in [0.29, 0.717) is 88.8 Å². The normalized spacial score (nSPS) is 11.2. The van der Waals surface area contributed by atoms with Crippen LogP contribution < -0.4 is 31.2 Å². The summed E-state index contributed by atoms with van der Waals surface area (Å²) in [6.07, 6.45) is 11.2. The molecule has 348 valence electrons. The molecule has 0 spiro atoms. The third-order valence-electron chi connectivity index (χ3n) is 8.87. The molecule has 6 aromatic heterocycles. The molecule has 0 aliphatic heterocycles. The van der Waals surface area contributed by atoms with Crippen molar-refractivity contribution < 1.29 is 38.8 Å². The molecule has 2 aromatic carbocycles. The Morgan fingerprint density at radius 1 is 0.672 bits per heavy atom. The van der Waals surface area contributed by atoms with Gasteiger partial charge in [-0.3, -0.25) is 9.36 Å². The van der Waals surface area contributed by atoms with Crippen LogP contribution in [0.3, 0.4) is 0 Å². The molecule has 26 nitrogen and oxygen atoms in total. The molecule has 6 heterocycles. The van der Waals surface area contributed by atoms with E-state index in [1.54, 1.807) is 92.0 Å². The smallest absolute Gasteiger partial charge is 0.407 e. The van der Waals surface area contributed by atoms with Crippen molar-refractivity contribution >= 4 is 63.6 Å². The van der Waals surface area contributed by atoms with Gasteiger partial charge in [0.25, 0.3) is 0 Å². The number of alkyl carbamates (subject to hydrolysis) is 1. The lowest BCUT2D eigenvalue weighted by molar-refractivity contribution is -0.140. The number of fused-ring (bicyclic) bond motifs is 2. The van der Waals surface area contributed by atoms with Gasteiger partial charge in [-0.15, -0.1) is 10.2 Å². The van der Waals surface area contributed by atoms with Gasteiger partial charge in [0.2, 0.25) is 11.9 Å². The van der Waals surface area contributed by atoms with E-state index in [2.05, 4.69) is 66.7 Å². The minimum atomic E-state index is -1.05. The number of carboxylic acids is 2. The fourth-order valence-electron chi connectivity index (χ4n) is 5.94. The van der Waals surface area contributed by atoms with Gasteiger partial charge in [-0.05, 0) is 88.7 Å². The number of nitrogens with one attached hydrogen (secondary N) is 3. The Morgan fingerprint density at radius 3 is 1.57 bits per heavy atom. The van der Waals surface area contributed by atoms with Crippen molar-refractivity contribution in [3.8, 4) is 22.9 Å². The van der Waals surface area contributed by atoms with Gasteiger partial charge in [-0.1, -0.05) is 10.4 Å². The summed E-state index contributed by atoms with van der Waals surface area (Å²) in [7, 11) is 0. The summed E-state index contributed by atoms with van der Waals surface area (Å²) >= 11 is 0. The zero-order valence-corrected chi connectivity index (χ0v) is 36.4. The number of hydrogen-bond acceptors (Lipinski definition) is 19. The summed E-state index contributed by atoms with van der Waals surface area (Å²) < 4.78 is 22.2. The van der Waals surface area contributed by atoms with Crippen molar-refractivity contribution in [1.29, 1.82) is 0 Å². The van der Waals surface area contributed by atoms with Crippen LogP contribution in [0.5, 0.6) is 11.5 Å². The molecule has 8 aromatic rings. The molecule has 26 heteroatoms. The van der Waals surface area contributed by atoms with E-state index in [0.717, 1.165) is 18.7 Å². The third kappa shape index (κ3) is 13.1. The molecule has 0 aliphatic rings. The number of carbonyl (C=O) groups excluding carboxylic acids is 1. The van der Waals surface area contributed by atoms with Crippen molar-refractivity contribution in [1.82, 2.24) is 74.8 Å². The van der Waals surface area contributed by atoms with Crippen LogP contribution in [0.1, 0.15) is 33.6 Å². The first-order chi connectivity index (χ1) is 32.3. The molecular formula is C41H46N18O8. The minimum Gasteiger partial charge on any atom is -0.482 e. The summed E-state index contributed by atoms with van der Waals surface area (Å²) in [5.74, 6) is -0.513. The van der Waals surface area contributed by atoms with Gasteiger partial charge < -0.3 is 46.1 Å². The number of benzene rings is 2. The van der Waals surface area contributed by atoms with Gasteiger partial charge in [-0.2, -0.15) is 29.5 Å². The standard InChI is InChI=1S/C23H27N9O5.C18H19N9O3/c1-23(2,3)37-22(35)24-9-4-10-31-13-15(11-26-31)27-21-25-12-18-20(28-21)32(30-29-18)16-5-7-17(8-6-16)36-14-19(33)34;19-6-1-7-26-10-12(8-21-26)22-18-20-9-15-17(23-18)27(25-24-15)13-2-4-14(5-3-13)30-11-16(28)29/h5-8,11-13H,4,9-10,14H2,1-3H3,(H,24,35)(H,33,34)(H,25,27,28);2-5,8-10H,1,6-7,11,19H2,(H,28,29)(H,20,22,23). The number of hydrogen-bond donors (Lipinski definition) is 6. The fourth-order valence-corrected chi connectivity index (χ4v) is 5.94. The quantitative estimate of drug-likeness (QED) is 0.0632. The Morgan fingerprint density at radius 2 is 1.13 bits per heavy atom. The number of nitrogens with two attached hydrogens (primary N) is 1. The molecule has 0 aliphatic carbocycles. The number of aromatic nitrogens is 14. The highest BCUT2D eigenvalue weighted by Gasteiger charge is 2.16.